The van der Waals surface area contributed by atoms with Gasteiger partial charge in [-0.2, -0.15) is 0 Å². The summed E-state index contributed by atoms with van der Waals surface area (Å²) in [6.45, 7) is 7.18. The Balaban J connectivity index is 0.000000771. The summed E-state index contributed by atoms with van der Waals surface area (Å²) in [7, 11) is 8.10. The second-order valence-electron chi connectivity index (χ2n) is 4.02. The first kappa shape index (κ1) is 16.1. The molecule has 0 fully saturated rings. The van der Waals surface area contributed by atoms with Crippen LogP contribution in [0, 0.1) is 6.92 Å². The van der Waals surface area contributed by atoms with E-state index in [1.807, 2.05) is 13.8 Å². The minimum atomic E-state index is 1.02. The second kappa shape index (κ2) is 7.56. The van der Waals surface area contributed by atoms with E-state index in [0.717, 1.165) is 13.0 Å². The first-order valence-electron chi connectivity index (χ1n) is 6.21. The van der Waals surface area contributed by atoms with Gasteiger partial charge in [-0.1, -0.05) is 50.8 Å². The van der Waals surface area contributed by atoms with Gasteiger partial charge in [-0.15, -0.1) is 0 Å². The van der Waals surface area contributed by atoms with E-state index in [1.165, 1.54) is 22.0 Å². The van der Waals surface area contributed by atoms with Gasteiger partial charge in [-0.25, -0.2) is 0 Å². The zero-order valence-corrected chi connectivity index (χ0v) is 14.8. The molecule has 0 saturated heterocycles. The highest BCUT2D eigenvalue weighted by atomic mass is 31.1. The Bertz CT molecular complexity index is 506. The molecule has 100 valence electrons. The van der Waals surface area contributed by atoms with Crippen LogP contribution in [0.25, 0.3) is 10.9 Å². The van der Waals surface area contributed by atoms with Crippen LogP contribution in [0.1, 0.15) is 25.0 Å². The van der Waals surface area contributed by atoms with E-state index in [9.17, 15) is 0 Å². The third-order valence-electron chi connectivity index (χ3n) is 2.78. The molecule has 2 aromatic rings. The monoisotopic (exact) mass is 300 g/mol. The molecule has 0 radical (unpaired) electrons. The number of aryl methyl sites for hydroxylation is 1. The molecule has 2 nitrogen and oxygen atoms in total. The normalized spacial score (nSPS) is 10.6. The van der Waals surface area contributed by atoms with E-state index in [-0.39, 0.29) is 0 Å². The number of benzene rings is 1. The van der Waals surface area contributed by atoms with Gasteiger partial charge in [0.05, 0.1) is 5.52 Å². The quantitative estimate of drug-likeness (QED) is 0.777. The SMILES string of the molecule is CC.Cc1cccc2c(CCN(P)P)cn(P)c12. The van der Waals surface area contributed by atoms with Crippen LogP contribution in [0.15, 0.2) is 24.4 Å². The first-order valence-corrected chi connectivity index (χ1v) is 7.76. The highest BCUT2D eigenvalue weighted by Gasteiger charge is 2.08. The van der Waals surface area contributed by atoms with E-state index in [1.54, 1.807) is 0 Å². The lowest BCUT2D eigenvalue weighted by molar-refractivity contribution is 0.728. The summed E-state index contributed by atoms with van der Waals surface area (Å²) in [6.07, 6.45) is 3.27. The van der Waals surface area contributed by atoms with Crippen molar-refractivity contribution < 1.29 is 0 Å². The van der Waals surface area contributed by atoms with Crippen LogP contribution < -0.4 is 0 Å². The van der Waals surface area contributed by atoms with Gasteiger partial charge in [0, 0.05) is 18.1 Å². The van der Waals surface area contributed by atoms with Crippen LogP contribution in [0.4, 0.5) is 0 Å². The third-order valence-corrected chi connectivity index (χ3v) is 3.70. The Morgan fingerprint density at radius 2 is 1.89 bits per heavy atom. The van der Waals surface area contributed by atoms with Crippen LogP contribution in [0.3, 0.4) is 0 Å². The van der Waals surface area contributed by atoms with Crippen LogP contribution in [0.5, 0.6) is 0 Å². The van der Waals surface area contributed by atoms with Crippen molar-refractivity contribution in [1.82, 2.24) is 8.78 Å². The van der Waals surface area contributed by atoms with Crippen LogP contribution in [0.2, 0.25) is 0 Å². The van der Waals surface area contributed by atoms with Crippen molar-refractivity contribution in [2.24, 2.45) is 0 Å². The zero-order chi connectivity index (χ0) is 13.7. The molecule has 1 heterocycles. The maximum atomic E-state index is 2.77. The third kappa shape index (κ3) is 3.75. The zero-order valence-electron chi connectivity index (χ0n) is 11.4. The van der Waals surface area contributed by atoms with Crippen molar-refractivity contribution in [1.29, 1.82) is 0 Å². The summed E-state index contributed by atoms with van der Waals surface area (Å²) in [5.74, 6) is 0. The fraction of sp³-hybridized carbons (Fsp3) is 0.385. The average molecular weight is 300 g/mol. The van der Waals surface area contributed by atoms with Crippen molar-refractivity contribution in [3.05, 3.63) is 35.5 Å². The molecule has 0 aliphatic rings. The Labute approximate surface area is 117 Å². The molecular formula is C13H23N2P3. The fourth-order valence-electron chi connectivity index (χ4n) is 2.01. The maximum Gasteiger partial charge on any atom is 0.0541 e. The standard InChI is InChI=1S/C11H17N2P3.C2H6/c1-8-3-2-4-10-9(5-6-13(15)16)7-12(14)11(8)10;1-2/h2-4,7H,5-6,14-16H2,1H3;1-2H3. The molecule has 3 unspecified atom stereocenters. The molecule has 0 N–H and O–H groups in total. The molecule has 0 bridgehead atoms. The molecule has 3 atom stereocenters. The van der Waals surface area contributed by atoms with Crippen molar-refractivity contribution >= 4 is 39.1 Å². The van der Waals surface area contributed by atoms with Gasteiger partial charge in [0.2, 0.25) is 0 Å². The predicted molar refractivity (Wildman–Crippen MR) is 93.0 cm³/mol. The predicted octanol–water partition coefficient (Wildman–Crippen LogP) is 4.04. The summed E-state index contributed by atoms with van der Waals surface area (Å²) in [5, 5.41) is 1.37. The van der Waals surface area contributed by atoms with Crippen molar-refractivity contribution in [3.8, 4) is 0 Å². The van der Waals surface area contributed by atoms with E-state index < -0.39 is 0 Å². The second-order valence-corrected chi connectivity index (χ2v) is 6.50. The Morgan fingerprint density at radius 1 is 1.22 bits per heavy atom. The number of aromatic nitrogens is 1. The van der Waals surface area contributed by atoms with Crippen LogP contribution in [-0.2, 0) is 6.42 Å². The van der Waals surface area contributed by atoms with Gasteiger partial charge in [0.1, 0.15) is 0 Å². The molecule has 1 aromatic carbocycles. The molecule has 0 saturated carbocycles. The van der Waals surface area contributed by atoms with Crippen molar-refractivity contribution in [3.63, 3.8) is 0 Å². The first-order chi connectivity index (χ1) is 8.59. The van der Waals surface area contributed by atoms with Gasteiger partial charge in [-0.05, 0) is 33.9 Å². The summed E-state index contributed by atoms with van der Waals surface area (Å²) >= 11 is 0. The van der Waals surface area contributed by atoms with Crippen molar-refractivity contribution in [2.75, 3.05) is 6.54 Å². The highest BCUT2D eigenvalue weighted by molar-refractivity contribution is 7.30. The molecular weight excluding hydrogens is 277 g/mol. The van der Waals surface area contributed by atoms with Gasteiger partial charge in [0.15, 0.2) is 0 Å². The topological polar surface area (TPSA) is 8.17 Å². The molecule has 2 rings (SSSR count). The number of nitrogens with zero attached hydrogens (tertiary/aromatic N) is 2. The smallest absolute Gasteiger partial charge is 0.0541 e. The molecule has 18 heavy (non-hydrogen) atoms. The van der Waals surface area contributed by atoms with Gasteiger partial charge < -0.3 is 4.34 Å². The van der Waals surface area contributed by atoms with Gasteiger partial charge in [0.25, 0.3) is 0 Å². The average Bonchev–Trinajstić information content (AvgIpc) is 2.68. The summed E-state index contributed by atoms with van der Waals surface area (Å²) < 4.78 is 4.21. The number of para-hydroxylation sites is 1. The summed E-state index contributed by atoms with van der Waals surface area (Å²) in [6, 6.07) is 6.49. The Hall–Kier alpha value is 0.01000. The number of hydrogen-bond donors (Lipinski definition) is 0. The van der Waals surface area contributed by atoms with Gasteiger partial charge in [-0.3, -0.25) is 4.44 Å². The number of rotatable bonds is 3. The Morgan fingerprint density at radius 3 is 2.50 bits per heavy atom. The van der Waals surface area contributed by atoms with E-state index >= 15 is 0 Å². The van der Waals surface area contributed by atoms with E-state index in [4.69, 9.17) is 0 Å². The minimum absolute atomic E-state index is 1.02. The summed E-state index contributed by atoms with van der Waals surface area (Å²) in [5.41, 5.74) is 4.05. The van der Waals surface area contributed by atoms with E-state index in [0.29, 0.717) is 0 Å². The largest absolute Gasteiger partial charge is 0.331 e. The minimum Gasteiger partial charge on any atom is -0.331 e. The van der Waals surface area contributed by atoms with Crippen molar-refractivity contribution in [2.45, 2.75) is 27.2 Å². The highest BCUT2D eigenvalue weighted by Crippen LogP contribution is 2.27. The molecule has 0 amide bonds. The fourth-order valence-corrected chi connectivity index (χ4v) is 2.79. The molecule has 0 aliphatic carbocycles. The summed E-state index contributed by atoms with van der Waals surface area (Å²) in [4.78, 5) is 0. The maximum absolute atomic E-state index is 2.77. The lowest BCUT2D eigenvalue weighted by atomic mass is 10.1. The number of fused-ring (bicyclic) bond motifs is 1. The van der Waals surface area contributed by atoms with Crippen LogP contribution in [-0.4, -0.2) is 15.3 Å². The van der Waals surface area contributed by atoms with E-state index in [2.05, 4.69) is 68.3 Å². The molecule has 5 heteroatoms. The molecule has 1 aromatic heterocycles. The number of hydrogen-bond acceptors (Lipinski definition) is 1. The lowest BCUT2D eigenvalue weighted by Crippen LogP contribution is -2.01. The molecule has 0 spiro atoms. The van der Waals surface area contributed by atoms with Crippen LogP contribution >= 0.6 is 28.2 Å². The molecule has 0 aliphatic heterocycles. The Kier molecular flexibility index (Phi) is 6.75. The van der Waals surface area contributed by atoms with Gasteiger partial charge >= 0.3 is 0 Å². The lowest BCUT2D eigenvalue weighted by Gasteiger charge is -2.07.